The van der Waals surface area contributed by atoms with Gasteiger partial charge in [-0.25, -0.2) is 14.4 Å². The van der Waals surface area contributed by atoms with E-state index < -0.39 is 5.82 Å². The lowest BCUT2D eigenvalue weighted by Gasteiger charge is -2.10. The normalized spacial score (nSPS) is 10.0. The highest BCUT2D eigenvalue weighted by molar-refractivity contribution is 7.98. The predicted octanol–water partition coefficient (Wildman–Crippen LogP) is 3.38. The maximum Gasteiger partial charge on any atom is 0.191 e. The summed E-state index contributed by atoms with van der Waals surface area (Å²) in [6.07, 6.45) is 1.89. The molecule has 2 aromatic rings. The van der Waals surface area contributed by atoms with Crippen LogP contribution in [-0.2, 0) is 0 Å². The number of nitriles is 1. The summed E-state index contributed by atoms with van der Waals surface area (Å²) in [5, 5.41) is 15.7. The van der Waals surface area contributed by atoms with E-state index >= 15 is 0 Å². The Hall–Kier alpha value is -2.33. The number of halogens is 1. The van der Waals surface area contributed by atoms with E-state index in [4.69, 9.17) is 5.26 Å². The van der Waals surface area contributed by atoms with Gasteiger partial charge in [0.15, 0.2) is 5.16 Å². The summed E-state index contributed by atoms with van der Waals surface area (Å²) in [5.74, 6) is 0.756. The third-order valence-corrected chi connectivity index (χ3v) is 3.15. The molecule has 0 aliphatic carbocycles. The van der Waals surface area contributed by atoms with Gasteiger partial charge in [-0.3, -0.25) is 0 Å². The zero-order valence-electron chi connectivity index (χ0n) is 11.6. The number of rotatable bonds is 5. The Labute approximate surface area is 126 Å². The molecule has 0 aliphatic rings. The smallest absolute Gasteiger partial charge is 0.191 e. The molecule has 21 heavy (non-hydrogen) atoms. The average Bonchev–Trinajstić information content (AvgIpc) is 2.49. The van der Waals surface area contributed by atoms with Gasteiger partial charge in [0.1, 0.15) is 23.5 Å². The summed E-state index contributed by atoms with van der Waals surface area (Å²) >= 11 is 1.43. The second-order valence-electron chi connectivity index (χ2n) is 4.09. The van der Waals surface area contributed by atoms with Crippen molar-refractivity contribution in [3.63, 3.8) is 0 Å². The van der Waals surface area contributed by atoms with Gasteiger partial charge in [-0.05, 0) is 31.4 Å². The topological polar surface area (TPSA) is 73.6 Å². The van der Waals surface area contributed by atoms with Crippen LogP contribution in [0.25, 0.3) is 0 Å². The van der Waals surface area contributed by atoms with Gasteiger partial charge >= 0.3 is 0 Å². The largest absolute Gasteiger partial charge is 0.370 e. The third kappa shape index (κ3) is 3.83. The van der Waals surface area contributed by atoms with E-state index in [1.54, 1.807) is 12.1 Å². The molecule has 7 heteroatoms. The van der Waals surface area contributed by atoms with Crippen LogP contribution in [0.5, 0.6) is 0 Å². The molecule has 5 nitrogen and oxygen atoms in total. The van der Waals surface area contributed by atoms with Crippen molar-refractivity contribution in [2.24, 2.45) is 0 Å². The van der Waals surface area contributed by atoms with Crippen molar-refractivity contribution in [2.75, 3.05) is 23.4 Å². The minimum absolute atomic E-state index is 0.00828. The van der Waals surface area contributed by atoms with Crippen LogP contribution in [0, 0.1) is 17.1 Å². The fourth-order valence-electron chi connectivity index (χ4n) is 1.69. The van der Waals surface area contributed by atoms with Crippen LogP contribution < -0.4 is 10.6 Å². The van der Waals surface area contributed by atoms with Crippen LogP contribution in [0.2, 0.25) is 0 Å². The number of nitrogens with zero attached hydrogens (tertiary/aromatic N) is 3. The van der Waals surface area contributed by atoms with Gasteiger partial charge in [-0.2, -0.15) is 5.26 Å². The van der Waals surface area contributed by atoms with Crippen molar-refractivity contribution >= 4 is 29.1 Å². The van der Waals surface area contributed by atoms with E-state index in [1.807, 2.05) is 19.2 Å². The van der Waals surface area contributed by atoms with E-state index in [2.05, 4.69) is 20.6 Å². The number of nitrogens with one attached hydrogen (secondary N) is 2. The maximum absolute atomic E-state index is 13.3. The molecule has 0 saturated heterocycles. The lowest BCUT2D eigenvalue weighted by Crippen LogP contribution is -2.03. The number of benzene rings is 1. The lowest BCUT2D eigenvalue weighted by molar-refractivity contribution is 0.624. The average molecular weight is 303 g/mol. The molecule has 0 amide bonds. The van der Waals surface area contributed by atoms with Gasteiger partial charge in [0.2, 0.25) is 0 Å². The van der Waals surface area contributed by atoms with Gasteiger partial charge in [-0.15, -0.1) is 0 Å². The maximum atomic E-state index is 13.3. The summed E-state index contributed by atoms with van der Waals surface area (Å²) in [7, 11) is 0. The minimum Gasteiger partial charge on any atom is -0.370 e. The Morgan fingerprint density at radius 2 is 2.05 bits per heavy atom. The molecular weight excluding hydrogens is 289 g/mol. The van der Waals surface area contributed by atoms with E-state index in [0.29, 0.717) is 22.5 Å². The summed E-state index contributed by atoms with van der Waals surface area (Å²) in [5.41, 5.74) is 0.590. The van der Waals surface area contributed by atoms with Gasteiger partial charge in [0.05, 0.1) is 5.56 Å². The van der Waals surface area contributed by atoms with Gasteiger partial charge in [-0.1, -0.05) is 11.8 Å². The van der Waals surface area contributed by atoms with Crippen molar-refractivity contribution < 1.29 is 4.39 Å². The van der Waals surface area contributed by atoms with Crippen LogP contribution in [0.4, 0.5) is 21.7 Å². The molecule has 1 heterocycles. The molecule has 0 aliphatic heterocycles. The van der Waals surface area contributed by atoms with Gasteiger partial charge in [0, 0.05) is 18.3 Å². The van der Waals surface area contributed by atoms with E-state index in [1.165, 1.54) is 23.9 Å². The number of anilines is 3. The van der Waals surface area contributed by atoms with Gasteiger partial charge in [0.25, 0.3) is 0 Å². The van der Waals surface area contributed by atoms with E-state index in [0.717, 1.165) is 6.54 Å². The molecule has 0 unspecified atom stereocenters. The Morgan fingerprint density at radius 1 is 1.29 bits per heavy atom. The zero-order valence-corrected chi connectivity index (χ0v) is 12.5. The van der Waals surface area contributed by atoms with Gasteiger partial charge < -0.3 is 10.6 Å². The summed E-state index contributed by atoms with van der Waals surface area (Å²) in [4.78, 5) is 8.65. The molecule has 1 aromatic carbocycles. The van der Waals surface area contributed by atoms with Crippen LogP contribution >= 0.6 is 11.8 Å². The second kappa shape index (κ2) is 6.90. The monoisotopic (exact) mass is 303 g/mol. The Morgan fingerprint density at radius 3 is 2.71 bits per heavy atom. The van der Waals surface area contributed by atoms with Crippen molar-refractivity contribution in [3.05, 3.63) is 35.6 Å². The molecule has 108 valence electrons. The highest BCUT2D eigenvalue weighted by Crippen LogP contribution is 2.22. The van der Waals surface area contributed by atoms with Crippen molar-refractivity contribution in [1.29, 1.82) is 5.26 Å². The molecule has 0 saturated carbocycles. The first-order chi connectivity index (χ1) is 10.2. The predicted molar refractivity (Wildman–Crippen MR) is 82.4 cm³/mol. The highest BCUT2D eigenvalue weighted by atomic mass is 32.2. The van der Waals surface area contributed by atoms with Crippen molar-refractivity contribution in [3.8, 4) is 6.07 Å². The number of aromatic nitrogens is 2. The molecule has 2 N–H and O–H groups in total. The lowest BCUT2D eigenvalue weighted by atomic mass is 10.2. The first-order valence-corrected chi connectivity index (χ1v) is 7.52. The fourth-order valence-corrected chi connectivity index (χ4v) is 2.07. The molecule has 2 rings (SSSR count). The first-order valence-electron chi connectivity index (χ1n) is 6.30. The molecule has 0 bridgehead atoms. The first kappa shape index (κ1) is 15.1. The van der Waals surface area contributed by atoms with Crippen LogP contribution in [0.1, 0.15) is 12.5 Å². The van der Waals surface area contributed by atoms with E-state index in [9.17, 15) is 4.39 Å². The van der Waals surface area contributed by atoms with E-state index in [-0.39, 0.29) is 5.56 Å². The summed E-state index contributed by atoms with van der Waals surface area (Å²) < 4.78 is 13.3. The van der Waals surface area contributed by atoms with Crippen molar-refractivity contribution in [2.45, 2.75) is 12.1 Å². The van der Waals surface area contributed by atoms with Crippen molar-refractivity contribution in [1.82, 2.24) is 9.97 Å². The number of hydrogen-bond donors (Lipinski definition) is 2. The highest BCUT2D eigenvalue weighted by Gasteiger charge is 2.06. The molecule has 0 radical (unpaired) electrons. The van der Waals surface area contributed by atoms with Crippen LogP contribution in [0.3, 0.4) is 0 Å². The molecule has 0 fully saturated rings. The summed E-state index contributed by atoms with van der Waals surface area (Å²) in [6, 6.07) is 7.83. The standard InChI is InChI=1S/C14H14FN5S/c1-3-17-12-7-13(20-14(19-12)21-2)18-10-4-5-11(15)9(6-10)8-16/h4-7H,3H2,1-2H3,(H2,17,18,19,20). The molecule has 1 aromatic heterocycles. The summed E-state index contributed by atoms with van der Waals surface area (Å²) in [6.45, 7) is 2.73. The third-order valence-electron chi connectivity index (χ3n) is 2.61. The van der Waals surface area contributed by atoms with Crippen LogP contribution in [0.15, 0.2) is 29.4 Å². The number of hydrogen-bond acceptors (Lipinski definition) is 6. The fraction of sp³-hybridized carbons (Fsp3) is 0.214. The zero-order chi connectivity index (χ0) is 15.2. The molecule has 0 atom stereocenters. The Balaban J connectivity index is 2.30. The molecular formula is C14H14FN5S. The quantitative estimate of drug-likeness (QED) is 0.651. The Bertz CT molecular complexity index is 684. The second-order valence-corrected chi connectivity index (χ2v) is 4.86. The van der Waals surface area contributed by atoms with Crippen LogP contribution in [-0.4, -0.2) is 22.8 Å². The Kier molecular flexibility index (Phi) is 4.95. The number of thioether (sulfide) groups is 1. The SMILES string of the molecule is CCNc1cc(Nc2ccc(F)c(C#N)c2)nc(SC)n1. The minimum atomic E-state index is -0.538. The molecule has 0 spiro atoms.